The van der Waals surface area contributed by atoms with Crippen LogP contribution in [0, 0.1) is 13.8 Å². The lowest BCUT2D eigenvalue weighted by Crippen LogP contribution is -2.22. The Kier molecular flexibility index (Phi) is 5.31. The van der Waals surface area contributed by atoms with Crippen LogP contribution in [0.3, 0.4) is 0 Å². The maximum atomic E-state index is 4.19. The average molecular weight is 268 g/mol. The molecule has 0 aliphatic heterocycles. The van der Waals surface area contributed by atoms with Crippen molar-refractivity contribution >= 4 is 0 Å². The van der Waals surface area contributed by atoms with E-state index in [9.17, 15) is 0 Å². The molecule has 1 N–H and O–H groups in total. The summed E-state index contributed by atoms with van der Waals surface area (Å²) in [6.07, 6.45) is 5.95. The molecule has 2 nitrogen and oxygen atoms in total. The molecule has 1 atom stereocenters. The summed E-state index contributed by atoms with van der Waals surface area (Å²) in [6, 6.07) is 11.2. The highest BCUT2D eigenvalue weighted by Gasteiger charge is 2.13. The number of benzene rings is 1. The first-order valence-electron chi connectivity index (χ1n) is 7.40. The zero-order chi connectivity index (χ0) is 14.4. The predicted octanol–water partition coefficient (Wildman–Crippen LogP) is 3.98. The average Bonchev–Trinajstić information content (AvgIpc) is 2.48. The van der Waals surface area contributed by atoms with Crippen molar-refractivity contribution in [1.82, 2.24) is 10.3 Å². The molecule has 20 heavy (non-hydrogen) atoms. The minimum atomic E-state index is 0.417. The third-order valence-corrected chi connectivity index (χ3v) is 3.92. The van der Waals surface area contributed by atoms with Crippen LogP contribution in [-0.4, -0.2) is 11.5 Å². The number of rotatable bonds is 6. The van der Waals surface area contributed by atoms with Gasteiger partial charge >= 0.3 is 0 Å². The van der Waals surface area contributed by atoms with E-state index in [-0.39, 0.29) is 0 Å². The molecule has 2 aromatic rings. The summed E-state index contributed by atoms with van der Waals surface area (Å²) in [5.74, 6) is 0. The van der Waals surface area contributed by atoms with Crippen LogP contribution in [-0.2, 0) is 6.42 Å². The fourth-order valence-electron chi connectivity index (χ4n) is 2.62. The fourth-order valence-corrected chi connectivity index (χ4v) is 2.62. The van der Waals surface area contributed by atoms with Crippen molar-refractivity contribution in [3.63, 3.8) is 0 Å². The highest BCUT2D eigenvalue weighted by molar-refractivity contribution is 5.35. The molecule has 0 radical (unpaired) electrons. The summed E-state index contributed by atoms with van der Waals surface area (Å²) < 4.78 is 0. The smallest absolute Gasteiger partial charge is 0.0326 e. The van der Waals surface area contributed by atoms with E-state index in [1.807, 2.05) is 18.5 Å². The Balaban J connectivity index is 2.12. The van der Waals surface area contributed by atoms with Crippen LogP contribution in [0.2, 0.25) is 0 Å². The number of hydrogen-bond donors (Lipinski definition) is 1. The molecule has 1 aromatic heterocycles. The number of aromatic nitrogens is 1. The van der Waals surface area contributed by atoms with Gasteiger partial charge in [-0.05, 0) is 61.6 Å². The van der Waals surface area contributed by atoms with Crippen LogP contribution >= 0.6 is 0 Å². The van der Waals surface area contributed by atoms with Gasteiger partial charge in [0.05, 0.1) is 0 Å². The zero-order valence-electron chi connectivity index (χ0n) is 12.7. The zero-order valence-corrected chi connectivity index (χ0v) is 12.7. The van der Waals surface area contributed by atoms with Gasteiger partial charge in [0.1, 0.15) is 0 Å². The van der Waals surface area contributed by atoms with E-state index in [0.29, 0.717) is 6.04 Å². The van der Waals surface area contributed by atoms with Crippen LogP contribution < -0.4 is 5.32 Å². The molecule has 1 aromatic carbocycles. The Hall–Kier alpha value is -1.67. The first-order chi connectivity index (χ1) is 9.72. The van der Waals surface area contributed by atoms with E-state index in [2.05, 4.69) is 55.3 Å². The molecule has 0 saturated heterocycles. The van der Waals surface area contributed by atoms with Gasteiger partial charge < -0.3 is 5.32 Å². The molecule has 0 aliphatic carbocycles. The monoisotopic (exact) mass is 268 g/mol. The second kappa shape index (κ2) is 7.20. The molecule has 0 spiro atoms. The maximum Gasteiger partial charge on any atom is 0.0326 e. The van der Waals surface area contributed by atoms with Crippen molar-refractivity contribution in [3.05, 3.63) is 65.0 Å². The lowest BCUT2D eigenvalue weighted by atomic mass is 9.93. The molecule has 0 fully saturated rings. The van der Waals surface area contributed by atoms with Crippen LogP contribution in [0.1, 0.15) is 41.6 Å². The van der Waals surface area contributed by atoms with Crippen molar-refractivity contribution in [1.29, 1.82) is 0 Å². The van der Waals surface area contributed by atoms with Gasteiger partial charge in [0, 0.05) is 18.4 Å². The summed E-state index contributed by atoms with van der Waals surface area (Å²) in [4.78, 5) is 4.19. The quantitative estimate of drug-likeness (QED) is 0.857. The van der Waals surface area contributed by atoms with Gasteiger partial charge in [-0.2, -0.15) is 0 Å². The Morgan fingerprint density at radius 3 is 2.70 bits per heavy atom. The second-order valence-electron chi connectivity index (χ2n) is 5.30. The molecular formula is C18H24N2. The van der Waals surface area contributed by atoms with Crippen LogP contribution in [0.15, 0.2) is 42.7 Å². The van der Waals surface area contributed by atoms with Crippen molar-refractivity contribution in [2.45, 2.75) is 39.7 Å². The summed E-state index contributed by atoms with van der Waals surface area (Å²) in [5, 5.41) is 3.62. The van der Waals surface area contributed by atoms with E-state index in [1.54, 1.807) is 0 Å². The molecule has 1 unspecified atom stereocenters. The second-order valence-corrected chi connectivity index (χ2v) is 5.30. The minimum absolute atomic E-state index is 0.417. The van der Waals surface area contributed by atoms with Gasteiger partial charge in [-0.25, -0.2) is 0 Å². The van der Waals surface area contributed by atoms with Gasteiger partial charge in [0.2, 0.25) is 0 Å². The third kappa shape index (κ3) is 3.67. The molecule has 0 amide bonds. The fraction of sp³-hybridized carbons (Fsp3) is 0.389. The largest absolute Gasteiger partial charge is 0.310 e. The lowest BCUT2D eigenvalue weighted by molar-refractivity contribution is 0.512. The standard InChI is InChI=1S/C18H24N2/c1-4-20-18(11-10-16-8-6-12-19-13-16)17-9-5-7-14(2)15(17)3/h5-9,12-13,18,20H,4,10-11H2,1-3H3. The number of nitrogens with zero attached hydrogens (tertiary/aromatic N) is 1. The topological polar surface area (TPSA) is 24.9 Å². The van der Waals surface area contributed by atoms with Crippen LogP contribution in [0.25, 0.3) is 0 Å². The normalized spacial score (nSPS) is 12.3. The molecule has 0 aliphatic rings. The Bertz CT molecular complexity index is 534. The molecule has 0 bridgehead atoms. The van der Waals surface area contributed by atoms with Crippen molar-refractivity contribution in [3.8, 4) is 0 Å². The van der Waals surface area contributed by atoms with E-state index in [4.69, 9.17) is 0 Å². The highest BCUT2D eigenvalue weighted by Crippen LogP contribution is 2.24. The molecular weight excluding hydrogens is 244 g/mol. The van der Waals surface area contributed by atoms with Crippen LogP contribution in [0.4, 0.5) is 0 Å². The number of nitrogens with one attached hydrogen (secondary N) is 1. The van der Waals surface area contributed by atoms with E-state index >= 15 is 0 Å². The van der Waals surface area contributed by atoms with E-state index in [0.717, 1.165) is 19.4 Å². The van der Waals surface area contributed by atoms with Gasteiger partial charge in [-0.15, -0.1) is 0 Å². The summed E-state index contributed by atoms with van der Waals surface area (Å²) in [6.45, 7) is 7.56. The SMILES string of the molecule is CCNC(CCc1cccnc1)c1cccc(C)c1C. The third-order valence-electron chi connectivity index (χ3n) is 3.92. The number of aryl methyl sites for hydroxylation is 2. The molecule has 106 valence electrons. The van der Waals surface area contributed by atoms with Crippen molar-refractivity contribution in [2.75, 3.05) is 6.54 Å². The molecule has 0 saturated carbocycles. The number of pyridine rings is 1. The Morgan fingerprint density at radius 2 is 2.00 bits per heavy atom. The molecule has 1 heterocycles. The minimum Gasteiger partial charge on any atom is -0.310 e. The Morgan fingerprint density at radius 1 is 1.15 bits per heavy atom. The predicted molar refractivity (Wildman–Crippen MR) is 84.9 cm³/mol. The van der Waals surface area contributed by atoms with E-state index < -0.39 is 0 Å². The van der Waals surface area contributed by atoms with Gasteiger partial charge in [0.15, 0.2) is 0 Å². The Labute approximate surface area is 122 Å². The van der Waals surface area contributed by atoms with E-state index in [1.165, 1.54) is 22.3 Å². The van der Waals surface area contributed by atoms with Crippen molar-refractivity contribution in [2.24, 2.45) is 0 Å². The number of hydrogen-bond acceptors (Lipinski definition) is 2. The lowest BCUT2D eigenvalue weighted by Gasteiger charge is -2.21. The maximum absolute atomic E-state index is 4.19. The van der Waals surface area contributed by atoms with Crippen molar-refractivity contribution < 1.29 is 0 Å². The van der Waals surface area contributed by atoms with Gasteiger partial charge in [-0.1, -0.05) is 31.2 Å². The van der Waals surface area contributed by atoms with Gasteiger partial charge in [0.25, 0.3) is 0 Å². The highest BCUT2D eigenvalue weighted by atomic mass is 14.9. The molecule has 2 rings (SSSR count). The summed E-state index contributed by atoms with van der Waals surface area (Å²) in [5.41, 5.74) is 5.51. The van der Waals surface area contributed by atoms with Gasteiger partial charge in [-0.3, -0.25) is 4.98 Å². The van der Waals surface area contributed by atoms with Crippen LogP contribution in [0.5, 0.6) is 0 Å². The first-order valence-corrected chi connectivity index (χ1v) is 7.40. The first kappa shape index (κ1) is 14.7. The summed E-state index contributed by atoms with van der Waals surface area (Å²) >= 11 is 0. The summed E-state index contributed by atoms with van der Waals surface area (Å²) in [7, 11) is 0. The molecule has 2 heteroatoms.